The summed E-state index contributed by atoms with van der Waals surface area (Å²) in [6.07, 6.45) is 1.74. The van der Waals surface area contributed by atoms with E-state index in [4.69, 9.17) is 17.0 Å². The van der Waals surface area contributed by atoms with Gasteiger partial charge in [-0.1, -0.05) is 6.07 Å². The number of rotatable bonds is 6. The highest BCUT2D eigenvalue weighted by Crippen LogP contribution is 2.44. The number of hydrogen-bond acceptors (Lipinski definition) is 5. The van der Waals surface area contributed by atoms with Gasteiger partial charge in [-0.3, -0.25) is 15.1 Å². The fraction of sp³-hybridized carbons (Fsp3) is 0.185. The number of halogens is 1. The summed E-state index contributed by atoms with van der Waals surface area (Å²) in [6, 6.07) is 18.0. The van der Waals surface area contributed by atoms with Crippen LogP contribution in [0.2, 0.25) is 0 Å². The maximum atomic E-state index is 13.8. The first kappa shape index (κ1) is 24.4. The summed E-state index contributed by atoms with van der Waals surface area (Å²) >= 11 is 5.77. The van der Waals surface area contributed by atoms with Crippen LogP contribution >= 0.6 is 12.2 Å². The van der Waals surface area contributed by atoms with Gasteiger partial charge in [-0.2, -0.15) is 0 Å². The molecule has 1 fully saturated rings. The van der Waals surface area contributed by atoms with Gasteiger partial charge in [-0.05, 0) is 80.2 Å². The summed E-state index contributed by atoms with van der Waals surface area (Å²) in [7, 11) is 1.49. The number of aromatic nitrogens is 2. The molecular formula is C27H24FN5O3S. The van der Waals surface area contributed by atoms with Gasteiger partial charge in [-0.25, -0.2) is 4.39 Å². The molecule has 1 N–H and O–H groups in total. The molecule has 1 aliphatic heterocycles. The second-order valence-corrected chi connectivity index (χ2v) is 9.13. The van der Waals surface area contributed by atoms with E-state index >= 15 is 0 Å². The monoisotopic (exact) mass is 517 g/mol. The Morgan fingerprint density at radius 3 is 2.51 bits per heavy atom. The molecule has 0 amide bonds. The second kappa shape index (κ2) is 9.62. The smallest absolute Gasteiger partial charge is 0.273 e. The van der Waals surface area contributed by atoms with Crippen molar-refractivity contribution < 1.29 is 14.1 Å². The Hall–Kier alpha value is -4.31. The molecule has 3 heterocycles. The van der Waals surface area contributed by atoms with Crippen LogP contribution in [0.15, 0.2) is 72.9 Å². The van der Waals surface area contributed by atoms with Crippen LogP contribution in [-0.4, -0.2) is 26.7 Å². The highest BCUT2D eigenvalue weighted by atomic mass is 32.1. The SMILES string of the molecule is COc1cc([N+](=O)[O-])ccc1-n1c(C)cc(C2C(c3ccccn3)NC(=S)N2c2ccc(F)cc2)c1C. The van der Waals surface area contributed by atoms with E-state index in [1.54, 1.807) is 24.4 Å². The number of thiocarbonyl (C=S) groups is 1. The zero-order chi connectivity index (χ0) is 26.3. The van der Waals surface area contributed by atoms with Crippen molar-refractivity contribution in [1.29, 1.82) is 0 Å². The quantitative estimate of drug-likeness (QED) is 0.199. The van der Waals surface area contributed by atoms with Crippen LogP contribution < -0.4 is 15.0 Å². The van der Waals surface area contributed by atoms with Crippen molar-refractivity contribution in [2.24, 2.45) is 0 Å². The molecule has 0 saturated carbocycles. The molecule has 10 heteroatoms. The minimum absolute atomic E-state index is 0.0497. The Morgan fingerprint density at radius 2 is 1.86 bits per heavy atom. The van der Waals surface area contributed by atoms with Crippen molar-refractivity contribution in [2.75, 3.05) is 12.0 Å². The van der Waals surface area contributed by atoms with Crippen molar-refractivity contribution >= 4 is 28.7 Å². The zero-order valence-electron chi connectivity index (χ0n) is 20.4. The lowest BCUT2D eigenvalue weighted by molar-refractivity contribution is -0.384. The van der Waals surface area contributed by atoms with Gasteiger partial charge in [0, 0.05) is 29.3 Å². The van der Waals surface area contributed by atoms with Gasteiger partial charge in [0.2, 0.25) is 0 Å². The van der Waals surface area contributed by atoms with Crippen molar-refractivity contribution in [3.05, 3.63) is 112 Å². The van der Waals surface area contributed by atoms with Crippen LogP contribution in [0.25, 0.3) is 5.69 Å². The largest absolute Gasteiger partial charge is 0.494 e. The molecule has 1 saturated heterocycles. The highest BCUT2D eigenvalue weighted by Gasteiger charge is 2.42. The van der Waals surface area contributed by atoms with E-state index in [1.165, 1.54) is 31.4 Å². The number of nitro benzene ring substituents is 1. The molecule has 2 aromatic carbocycles. The molecule has 37 heavy (non-hydrogen) atoms. The second-order valence-electron chi connectivity index (χ2n) is 8.75. The maximum absolute atomic E-state index is 13.8. The lowest BCUT2D eigenvalue weighted by Crippen LogP contribution is -2.29. The van der Waals surface area contributed by atoms with Crippen molar-refractivity contribution in [1.82, 2.24) is 14.9 Å². The summed E-state index contributed by atoms with van der Waals surface area (Å²) in [5, 5.41) is 15.2. The van der Waals surface area contributed by atoms with E-state index < -0.39 is 4.92 Å². The summed E-state index contributed by atoms with van der Waals surface area (Å²) in [6.45, 7) is 3.96. The number of aryl methyl sites for hydroxylation is 1. The van der Waals surface area contributed by atoms with Crippen molar-refractivity contribution in [3.8, 4) is 11.4 Å². The molecule has 2 atom stereocenters. The van der Waals surface area contributed by atoms with Gasteiger partial charge in [-0.15, -0.1) is 0 Å². The van der Waals surface area contributed by atoms with E-state index in [1.807, 2.05) is 41.5 Å². The van der Waals surface area contributed by atoms with E-state index in [2.05, 4.69) is 16.4 Å². The highest BCUT2D eigenvalue weighted by molar-refractivity contribution is 7.80. The van der Waals surface area contributed by atoms with Crippen LogP contribution in [0.3, 0.4) is 0 Å². The molecule has 1 aliphatic rings. The lowest BCUT2D eigenvalue weighted by atomic mass is 9.96. The number of nitrogens with one attached hydrogen (secondary N) is 1. The van der Waals surface area contributed by atoms with Crippen LogP contribution in [0.1, 0.15) is 34.7 Å². The Labute approximate surface area is 218 Å². The molecule has 0 bridgehead atoms. The van der Waals surface area contributed by atoms with Crippen LogP contribution in [0.5, 0.6) is 5.75 Å². The third-order valence-corrected chi connectivity index (χ3v) is 6.92. The zero-order valence-corrected chi connectivity index (χ0v) is 21.2. The average molecular weight is 518 g/mol. The van der Waals surface area contributed by atoms with Crippen LogP contribution in [0, 0.1) is 29.8 Å². The number of hydrogen-bond donors (Lipinski definition) is 1. The Bertz CT molecular complexity index is 1490. The molecule has 2 unspecified atom stereocenters. The predicted molar refractivity (Wildman–Crippen MR) is 143 cm³/mol. The molecule has 188 valence electrons. The summed E-state index contributed by atoms with van der Waals surface area (Å²) in [5.74, 6) is 0.0578. The third kappa shape index (κ3) is 4.29. The van der Waals surface area contributed by atoms with Crippen LogP contribution in [-0.2, 0) is 0 Å². The maximum Gasteiger partial charge on any atom is 0.273 e. The summed E-state index contributed by atoms with van der Waals surface area (Å²) in [5.41, 5.74) is 5.00. The van der Waals surface area contributed by atoms with Gasteiger partial charge in [0.05, 0.1) is 41.6 Å². The number of non-ortho nitro benzene ring substituents is 1. The minimum Gasteiger partial charge on any atom is -0.494 e. The molecule has 8 nitrogen and oxygen atoms in total. The van der Waals surface area contributed by atoms with Crippen molar-refractivity contribution in [3.63, 3.8) is 0 Å². The van der Waals surface area contributed by atoms with Gasteiger partial charge < -0.3 is 19.5 Å². The first-order chi connectivity index (χ1) is 17.8. The Balaban J connectivity index is 1.68. The molecular weight excluding hydrogens is 493 g/mol. The fourth-order valence-corrected chi connectivity index (χ4v) is 5.32. The predicted octanol–water partition coefficient (Wildman–Crippen LogP) is 5.72. The number of nitrogens with zero attached hydrogens (tertiary/aromatic N) is 4. The van der Waals surface area contributed by atoms with E-state index in [-0.39, 0.29) is 23.6 Å². The number of benzene rings is 2. The Kier molecular flexibility index (Phi) is 6.34. The summed E-state index contributed by atoms with van der Waals surface area (Å²) < 4.78 is 21.3. The van der Waals surface area contributed by atoms with Gasteiger partial charge in [0.1, 0.15) is 11.6 Å². The fourth-order valence-electron chi connectivity index (χ4n) is 4.97. The number of pyridine rings is 1. The van der Waals surface area contributed by atoms with Crippen molar-refractivity contribution in [2.45, 2.75) is 25.9 Å². The minimum atomic E-state index is -0.448. The normalized spacial score (nSPS) is 17.1. The van der Waals surface area contributed by atoms with Gasteiger partial charge in [0.25, 0.3) is 5.69 Å². The molecule has 0 spiro atoms. The average Bonchev–Trinajstić information content (AvgIpc) is 3.39. The standard InChI is InChI=1S/C27H24FN5O3S/c1-16-14-21(17(2)31(16)23-12-11-20(33(34)35)15-24(23)36-3)26-25(22-6-4-5-13-29-22)30-27(37)32(26)19-9-7-18(28)8-10-19/h4-15,25-26H,1-3H3,(H,30,37). The first-order valence-electron chi connectivity index (χ1n) is 11.6. The molecule has 2 aromatic heterocycles. The number of ether oxygens (including phenoxy) is 1. The molecule has 0 radical (unpaired) electrons. The Morgan fingerprint density at radius 1 is 1.11 bits per heavy atom. The first-order valence-corrected chi connectivity index (χ1v) is 12.0. The van der Waals surface area contributed by atoms with Gasteiger partial charge >= 0.3 is 0 Å². The van der Waals surface area contributed by atoms with E-state index in [0.717, 1.165) is 28.3 Å². The van der Waals surface area contributed by atoms with Crippen LogP contribution in [0.4, 0.5) is 15.8 Å². The topological polar surface area (TPSA) is 85.5 Å². The molecule has 0 aliphatic carbocycles. The number of methoxy groups -OCH3 is 1. The van der Waals surface area contributed by atoms with E-state index in [9.17, 15) is 14.5 Å². The van der Waals surface area contributed by atoms with E-state index in [0.29, 0.717) is 16.5 Å². The number of nitro groups is 1. The summed E-state index contributed by atoms with van der Waals surface area (Å²) in [4.78, 5) is 17.4. The third-order valence-electron chi connectivity index (χ3n) is 6.61. The number of anilines is 1. The molecule has 5 rings (SSSR count). The molecule has 4 aromatic rings. The van der Waals surface area contributed by atoms with Gasteiger partial charge in [0.15, 0.2) is 5.11 Å². The lowest BCUT2D eigenvalue weighted by Gasteiger charge is -2.28.